The molecule has 0 saturated carbocycles. The number of pyridine rings is 1. The summed E-state index contributed by atoms with van der Waals surface area (Å²) >= 11 is 0. The minimum absolute atomic E-state index is 0.169. The minimum Gasteiger partial charge on any atom is -0.487 e. The monoisotopic (exact) mass is 208 g/mol. The van der Waals surface area contributed by atoms with Crippen molar-refractivity contribution in [1.29, 1.82) is 0 Å². The van der Waals surface area contributed by atoms with Crippen molar-refractivity contribution in [2.24, 2.45) is 0 Å². The second-order valence-corrected chi connectivity index (χ2v) is 4.64. The van der Waals surface area contributed by atoms with E-state index in [9.17, 15) is 0 Å². The third-order valence-electron chi connectivity index (χ3n) is 2.06. The summed E-state index contributed by atoms with van der Waals surface area (Å²) in [6.07, 6.45) is 1.77. The molecule has 1 heterocycles. The molecular weight excluding hydrogens is 188 g/mol. The van der Waals surface area contributed by atoms with Gasteiger partial charge in [-0.25, -0.2) is 0 Å². The molecule has 3 nitrogen and oxygen atoms in total. The van der Waals surface area contributed by atoms with Gasteiger partial charge in [-0.3, -0.25) is 4.98 Å². The van der Waals surface area contributed by atoms with Gasteiger partial charge in [0.15, 0.2) is 0 Å². The van der Waals surface area contributed by atoms with E-state index >= 15 is 0 Å². The van der Waals surface area contributed by atoms with Crippen LogP contribution in [0.5, 0.6) is 5.75 Å². The Labute approximate surface area is 91.9 Å². The average molecular weight is 208 g/mol. The molecule has 3 heteroatoms. The highest BCUT2D eigenvalue weighted by Gasteiger charge is 2.12. The van der Waals surface area contributed by atoms with E-state index in [0.717, 1.165) is 11.4 Å². The summed E-state index contributed by atoms with van der Waals surface area (Å²) < 4.78 is 5.69. The van der Waals surface area contributed by atoms with Crippen molar-refractivity contribution >= 4 is 0 Å². The summed E-state index contributed by atoms with van der Waals surface area (Å²) in [5.41, 5.74) is 0.858. The van der Waals surface area contributed by atoms with Gasteiger partial charge in [-0.2, -0.15) is 0 Å². The van der Waals surface area contributed by atoms with Crippen molar-refractivity contribution in [1.82, 2.24) is 10.3 Å². The van der Waals surface area contributed by atoms with Crippen LogP contribution in [-0.4, -0.2) is 17.6 Å². The summed E-state index contributed by atoms with van der Waals surface area (Å²) in [4.78, 5) is 4.35. The van der Waals surface area contributed by atoms with Gasteiger partial charge in [0.2, 0.25) is 0 Å². The smallest absolute Gasteiger partial charge is 0.138 e. The highest BCUT2D eigenvalue weighted by atomic mass is 16.5. The molecule has 1 unspecified atom stereocenters. The van der Waals surface area contributed by atoms with Crippen LogP contribution in [0.1, 0.15) is 39.4 Å². The zero-order valence-corrected chi connectivity index (χ0v) is 10.2. The lowest BCUT2D eigenvalue weighted by Gasteiger charge is -2.21. The summed E-state index contributed by atoms with van der Waals surface area (Å²) in [7, 11) is 1.92. The van der Waals surface area contributed by atoms with Crippen molar-refractivity contribution in [3.63, 3.8) is 0 Å². The van der Waals surface area contributed by atoms with Gasteiger partial charge >= 0.3 is 0 Å². The lowest BCUT2D eigenvalue weighted by atomic mass is 10.2. The maximum atomic E-state index is 5.69. The number of ether oxygens (including phenoxy) is 1. The van der Waals surface area contributed by atoms with Gasteiger partial charge < -0.3 is 10.1 Å². The predicted molar refractivity (Wildman–Crippen MR) is 62.1 cm³/mol. The first-order valence-electron chi connectivity index (χ1n) is 5.24. The zero-order chi connectivity index (χ0) is 11.5. The van der Waals surface area contributed by atoms with Gasteiger partial charge in [-0.05, 0) is 46.9 Å². The first-order valence-corrected chi connectivity index (χ1v) is 5.24. The van der Waals surface area contributed by atoms with Crippen LogP contribution < -0.4 is 10.1 Å². The van der Waals surface area contributed by atoms with E-state index in [1.165, 1.54) is 0 Å². The molecule has 84 valence electrons. The molecule has 15 heavy (non-hydrogen) atoms. The van der Waals surface area contributed by atoms with Crippen LogP contribution in [0.2, 0.25) is 0 Å². The molecule has 0 aliphatic heterocycles. The second-order valence-electron chi connectivity index (χ2n) is 4.64. The summed E-state index contributed by atoms with van der Waals surface area (Å²) in [6.45, 7) is 8.15. The number of hydrogen-bond donors (Lipinski definition) is 1. The van der Waals surface area contributed by atoms with Gasteiger partial charge in [0.25, 0.3) is 0 Å². The fourth-order valence-electron chi connectivity index (χ4n) is 1.21. The van der Waals surface area contributed by atoms with Crippen molar-refractivity contribution < 1.29 is 4.74 Å². The Bertz CT molecular complexity index is 300. The van der Waals surface area contributed by atoms with Crippen LogP contribution in [0, 0.1) is 0 Å². The molecule has 1 rings (SSSR count). The first-order chi connectivity index (χ1) is 6.92. The number of aromatic nitrogens is 1. The molecule has 1 aromatic heterocycles. The topological polar surface area (TPSA) is 34.1 Å². The van der Waals surface area contributed by atoms with E-state index in [4.69, 9.17) is 4.74 Å². The summed E-state index contributed by atoms with van der Waals surface area (Å²) in [5, 5.41) is 3.15. The molecule has 1 atom stereocenters. The molecule has 0 radical (unpaired) electrons. The maximum Gasteiger partial charge on any atom is 0.138 e. The summed E-state index contributed by atoms with van der Waals surface area (Å²) in [5.74, 6) is 0.814. The van der Waals surface area contributed by atoms with Crippen LogP contribution in [0.4, 0.5) is 0 Å². The molecule has 0 bridgehead atoms. The van der Waals surface area contributed by atoms with Gasteiger partial charge in [0.1, 0.15) is 11.4 Å². The molecular formula is C12H20N2O. The van der Waals surface area contributed by atoms with Gasteiger partial charge in [0.05, 0.1) is 11.9 Å². The molecule has 1 N–H and O–H groups in total. The Balaban J connectivity index is 2.72. The Morgan fingerprint density at radius 1 is 1.33 bits per heavy atom. The van der Waals surface area contributed by atoms with Crippen LogP contribution >= 0.6 is 0 Å². The SMILES string of the molecule is CNC(C)c1ccc(OC(C)(C)C)cn1. The highest BCUT2D eigenvalue weighted by molar-refractivity contribution is 5.21. The Morgan fingerprint density at radius 3 is 2.40 bits per heavy atom. The van der Waals surface area contributed by atoms with Gasteiger partial charge in [0, 0.05) is 6.04 Å². The van der Waals surface area contributed by atoms with E-state index in [1.54, 1.807) is 6.20 Å². The number of nitrogens with zero attached hydrogens (tertiary/aromatic N) is 1. The van der Waals surface area contributed by atoms with Crippen LogP contribution in [-0.2, 0) is 0 Å². The Hall–Kier alpha value is -1.09. The van der Waals surface area contributed by atoms with Crippen molar-refractivity contribution in [2.75, 3.05) is 7.05 Å². The lowest BCUT2D eigenvalue weighted by molar-refractivity contribution is 0.130. The standard InChI is InChI=1S/C12H20N2O/c1-9(13-5)11-7-6-10(8-14-11)15-12(2,3)4/h6-9,13H,1-5H3. The van der Waals surface area contributed by atoms with E-state index in [-0.39, 0.29) is 11.6 Å². The molecule has 0 saturated heterocycles. The normalized spacial score (nSPS) is 13.7. The Morgan fingerprint density at radius 2 is 2.00 bits per heavy atom. The molecule has 0 aromatic carbocycles. The molecule has 0 aliphatic rings. The fourth-order valence-corrected chi connectivity index (χ4v) is 1.21. The largest absolute Gasteiger partial charge is 0.487 e. The first kappa shape index (κ1) is 12.0. The summed E-state index contributed by atoms with van der Waals surface area (Å²) in [6, 6.07) is 4.22. The number of hydrogen-bond acceptors (Lipinski definition) is 3. The maximum absolute atomic E-state index is 5.69. The fraction of sp³-hybridized carbons (Fsp3) is 0.583. The van der Waals surface area contributed by atoms with Crippen LogP contribution in [0.15, 0.2) is 18.3 Å². The average Bonchev–Trinajstić information content (AvgIpc) is 2.15. The quantitative estimate of drug-likeness (QED) is 0.829. The molecule has 0 amide bonds. The van der Waals surface area contributed by atoms with E-state index < -0.39 is 0 Å². The number of nitrogens with one attached hydrogen (secondary N) is 1. The van der Waals surface area contributed by atoms with Crippen molar-refractivity contribution in [3.05, 3.63) is 24.0 Å². The molecule has 0 fully saturated rings. The lowest BCUT2D eigenvalue weighted by Crippen LogP contribution is -2.23. The van der Waals surface area contributed by atoms with E-state index in [1.807, 2.05) is 40.0 Å². The molecule has 0 aliphatic carbocycles. The minimum atomic E-state index is -0.169. The second kappa shape index (κ2) is 4.62. The molecule has 1 aromatic rings. The van der Waals surface area contributed by atoms with Gasteiger partial charge in [-0.1, -0.05) is 0 Å². The predicted octanol–water partition coefficient (Wildman–Crippen LogP) is 2.54. The third kappa shape index (κ3) is 3.88. The van der Waals surface area contributed by atoms with E-state index in [0.29, 0.717) is 0 Å². The number of rotatable bonds is 3. The highest BCUT2D eigenvalue weighted by Crippen LogP contribution is 2.18. The van der Waals surface area contributed by atoms with E-state index in [2.05, 4.69) is 17.2 Å². The van der Waals surface area contributed by atoms with Crippen LogP contribution in [0.25, 0.3) is 0 Å². The van der Waals surface area contributed by atoms with Crippen molar-refractivity contribution in [2.45, 2.75) is 39.3 Å². The zero-order valence-electron chi connectivity index (χ0n) is 10.2. The molecule has 0 spiro atoms. The van der Waals surface area contributed by atoms with Crippen LogP contribution in [0.3, 0.4) is 0 Å². The van der Waals surface area contributed by atoms with Crippen molar-refractivity contribution in [3.8, 4) is 5.75 Å². The third-order valence-corrected chi connectivity index (χ3v) is 2.06. The Kier molecular flexibility index (Phi) is 3.69. The van der Waals surface area contributed by atoms with Gasteiger partial charge in [-0.15, -0.1) is 0 Å².